The molecule has 0 saturated carbocycles. The Hall–Kier alpha value is -0.320. The van der Waals surface area contributed by atoms with Crippen LogP contribution in [-0.2, 0) is 18.9 Å². The van der Waals surface area contributed by atoms with Gasteiger partial charge in [0.25, 0.3) is 0 Å². The van der Waals surface area contributed by atoms with Crippen LogP contribution in [-0.4, -0.2) is 97.7 Å². The molecule has 25 heavy (non-hydrogen) atoms. The second kappa shape index (κ2) is 13.8. The van der Waals surface area contributed by atoms with E-state index in [0.717, 1.165) is 0 Å². The Kier molecular flexibility index (Phi) is 13.7. The Bertz CT molecular complexity index is 246. The molecule has 0 aromatic heterocycles. The van der Waals surface area contributed by atoms with E-state index in [0.29, 0.717) is 0 Å². The maximum Gasteiger partial charge on any atom is 0.0745 e. The van der Waals surface area contributed by atoms with E-state index < -0.39 is 29.8 Å². The topological polar surface area (TPSA) is 118 Å². The highest BCUT2D eigenvalue weighted by atomic mass is 16.5. The van der Waals surface area contributed by atoms with E-state index in [1.807, 2.05) is 0 Å². The molecule has 0 heterocycles. The number of ether oxygens (including phenoxy) is 4. The molecule has 0 aliphatic heterocycles. The molecule has 0 bridgehead atoms. The molecule has 4 atom stereocenters. The van der Waals surface area contributed by atoms with E-state index in [9.17, 15) is 20.4 Å². The quantitative estimate of drug-likeness (QED) is 0.290. The number of hydrogen-bond donors (Lipinski definition) is 4. The van der Waals surface area contributed by atoms with Crippen LogP contribution in [0.15, 0.2) is 0 Å². The number of hydrogen-bond acceptors (Lipinski definition) is 8. The molecular formula is C17H36O8. The van der Waals surface area contributed by atoms with Gasteiger partial charge in [-0.15, -0.1) is 0 Å². The Morgan fingerprint density at radius 3 is 0.880 bits per heavy atom. The van der Waals surface area contributed by atoms with Gasteiger partial charge in [0.2, 0.25) is 0 Å². The summed E-state index contributed by atoms with van der Waals surface area (Å²) in [5, 5.41) is 37.5. The van der Waals surface area contributed by atoms with Crippen molar-refractivity contribution < 1.29 is 39.4 Å². The molecule has 0 unspecified atom stereocenters. The second-order valence-electron chi connectivity index (χ2n) is 6.96. The Balaban J connectivity index is 4.85. The van der Waals surface area contributed by atoms with Crippen LogP contribution < -0.4 is 0 Å². The van der Waals surface area contributed by atoms with E-state index in [2.05, 4.69) is 0 Å². The molecule has 0 aliphatic rings. The summed E-state index contributed by atoms with van der Waals surface area (Å²) >= 11 is 0. The lowest BCUT2D eigenvalue weighted by molar-refractivity contribution is -0.128. The lowest BCUT2D eigenvalue weighted by atomic mass is 9.92. The third-order valence-electron chi connectivity index (χ3n) is 3.07. The summed E-state index contributed by atoms with van der Waals surface area (Å²) in [4.78, 5) is 0. The first-order chi connectivity index (χ1) is 11.7. The molecule has 0 rings (SSSR count). The van der Waals surface area contributed by atoms with E-state index in [1.165, 1.54) is 0 Å². The summed E-state index contributed by atoms with van der Waals surface area (Å²) in [5.74, 6) is 0. The summed E-state index contributed by atoms with van der Waals surface area (Å²) in [7, 11) is 0. The van der Waals surface area contributed by atoms with Gasteiger partial charge in [-0.05, 0) is 27.7 Å². The fourth-order valence-corrected chi connectivity index (χ4v) is 2.03. The van der Waals surface area contributed by atoms with E-state index >= 15 is 0 Å². The van der Waals surface area contributed by atoms with Crippen molar-refractivity contribution in [2.45, 2.75) is 52.1 Å². The van der Waals surface area contributed by atoms with Crippen LogP contribution in [0.4, 0.5) is 0 Å². The average Bonchev–Trinajstić information content (AvgIpc) is 2.45. The van der Waals surface area contributed by atoms with Gasteiger partial charge in [0, 0.05) is 0 Å². The van der Waals surface area contributed by atoms with E-state index in [-0.39, 0.29) is 52.9 Å². The number of aliphatic hydroxyl groups is 4. The normalized spacial score (nSPS) is 17.3. The van der Waals surface area contributed by atoms with E-state index in [1.54, 1.807) is 27.7 Å². The maximum absolute atomic E-state index is 9.38. The third kappa shape index (κ3) is 14.5. The van der Waals surface area contributed by atoms with Gasteiger partial charge in [-0.3, -0.25) is 0 Å². The van der Waals surface area contributed by atoms with Crippen LogP contribution in [0.2, 0.25) is 0 Å². The van der Waals surface area contributed by atoms with Crippen molar-refractivity contribution in [3.8, 4) is 0 Å². The fraction of sp³-hybridized carbons (Fsp3) is 1.00. The van der Waals surface area contributed by atoms with Gasteiger partial charge in [-0.25, -0.2) is 0 Å². The zero-order chi connectivity index (χ0) is 19.3. The lowest BCUT2D eigenvalue weighted by Gasteiger charge is -2.33. The maximum atomic E-state index is 9.38. The van der Waals surface area contributed by atoms with Gasteiger partial charge in [-0.2, -0.15) is 0 Å². The molecule has 0 radical (unpaired) electrons. The molecule has 0 amide bonds. The van der Waals surface area contributed by atoms with Gasteiger partial charge < -0.3 is 39.4 Å². The first-order valence-corrected chi connectivity index (χ1v) is 8.70. The third-order valence-corrected chi connectivity index (χ3v) is 3.07. The first-order valence-electron chi connectivity index (χ1n) is 8.70. The number of aliphatic hydroxyl groups excluding tert-OH is 4. The van der Waals surface area contributed by atoms with E-state index in [4.69, 9.17) is 18.9 Å². The number of rotatable bonds is 16. The molecule has 8 nitrogen and oxygen atoms in total. The van der Waals surface area contributed by atoms with Crippen LogP contribution in [0.1, 0.15) is 27.7 Å². The highest BCUT2D eigenvalue weighted by Crippen LogP contribution is 2.21. The van der Waals surface area contributed by atoms with Gasteiger partial charge in [0.1, 0.15) is 0 Å². The van der Waals surface area contributed by atoms with Gasteiger partial charge >= 0.3 is 0 Å². The summed E-state index contributed by atoms with van der Waals surface area (Å²) < 4.78 is 22.2. The standard InChI is InChI=1S/C17H36O8/c1-13(18)5-22-9-17(10-23-6-14(2)19,11-24-7-15(3)20)12-25-8-16(4)21/h13-16,18-21H,5-12H2,1-4H3/t13-,14-,15-,16+/m0/s1. The summed E-state index contributed by atoms with van der Waals surface area (Å²) in [6.07, 6.45) is -2.42. The van der Waals surface area contributed by atoms with Gasteiger partial charge in [0.15, 0.2) is 0 Å². The molecule has 0 spiro atoms. The van der Waals surface area contributed by atoms with Crippen molar-refractivity contribution in [3.05, 3.63) is 0 Å². The van der Waals surface area contributed by atoms with Crippen LogP contribution in [0, 0.1) is 5.41 Å². The molecule has 152 valence electrons. The highest BCUT2D eigenvalue weighted by molar-refractivity contribution is 4.80. The minimum absolute atomic E-state index is 0.158. The van der Waals surface area contributed by atoms with Crippen LogP contribution in [0.25, 0.3) is 0 Å². The minimum atomic E-state index is -0.687. The SMILES string of the molecule is C[C@H](O)COCC(COC[C@H](C)O)(COC[C@H](C)O)COC[C@@H](C)O. The predicted molar refractivity (Wildman–Crippen MR) is 92.4 cm³/mol. The molecular weight excluding hydrogens is 332 g/mol. The van der Waals surface area contributed by atoms with Gasteiger partial charge in [-0.1, -0.05) is 0 Å². The minimum Gasteiger partial charge on any atom is -0.391 e. The van der Waals surface area contributed by atoms with Crippen molar-refractivity contribution in [2.75, 3.05) is 52.9 Å². The Morgan fingerprint density at radius 2 is 0.720 bits per heavy atom. The molecule has 0 saturated heterocycles. The van der Waals surface area contributed by atoms with Crippen LogP contribution >= 0.6 is 0 Å². The highest BCUT2D eigenvalue weighted by Gasteiger charge is 2.33. The summed E-state index contributed by atoms with van der Waals surface area (Å²) in [6.45, 7) is 7.95. The molecule has 0 aliphatic carbocycles. The monoisotopic (exact) mass is 368 g/mol. The smallest absolute Gasteiger partial charge is 0.0745 e. The second-order valence-corrected chi connectivity index (χ2v) is 6.96. The zero-order valence-corrected chi connectivity index (χ0v) is 15.9. The molecule has 4 N–H and O–H groups in total. The van der Waals surface area contributed by atoms with Crippen molar-refractivity contribution in [1.29, 1.82) is 0 Å². The first kappa shape index (κ1) is 24.7. The van der Waals surface area contributed by atoms with Crippen LogP contribution in [0.5, 0.6) is 0 Å². The Labute approximate surface area is 150 Å². The van der Waals surface area contributed by atoms with Crippen molar-refractivity contribution in [3.63, 3.8) is 0 Å². The summed E-state index contributed by atoms with van der Waals surface area (Å²) in [6, 6.07) is 0. The molecule has 0 aromatic rings. The predicted octanol–water partition coefficient (Wildman–Crippen LogP) is -0.438. The van der Waals surface area contributed by atoms with Crippen LogP contribution in [0.3, 0.4) is 0 Å². The lowest BCUT2D eigenvalue weighted by Crippen LogP contribution is -2.43. The molecule has 8 heteroatoms. The van der Waals surface area contributed by atoms with Crippen molar-refractivity contribution in [1.82, 2.24) is 0 Å². The Morgan fingerprint density at radius 1 is 0.520 bits per heavy atom. The summed E-state index contributed by atoms with van der Waals surface area (Å²) in [5.41, 5.74) is -0.687. The zero-order valence-electron chi connectivity index (χ0n) is 15.9. The van der Waals surface area contributed by atoms with Crippen molar-refractivity contribution in [2.24, 2.45) is 5.41 Å². The molecule has 0 aromatic carbocycles. The largest absolute Gasteiger partial charge is 0.391 e. The van der Waals surface area contributed by atoms with Crippen molar-refractivity contribution >= 4 is 0 Å². The average molecular weight is 368 g/mol. The molecule has 0 fully saturated rings. The van der Waals surface area contributed by atoms with Gasteiger partial charge in [0.05, 0.1) is 82.7 Å². The fourth-order valence-electron chi connectivity index (χ4n) is 2.03.